The molecule has 0 saturated heterocycles. The zero-order valence-corrected chi connectivity index (χ0v) is 10.4. The summed E-state index contributed by atoms with van der Waals surface area (Å²) in [5.74, 6) is 0.500. The molecule has 2 aromatic rings. The van der Waals surface area contributed by atoms with Crippen LogP contribution in [0.5, 0.6) is 0 Å². The number of hydrogen-bond acceptors (Lipinski definition) is 4. The molecule has 0 radical (unpaired) electrons. The highest BCUT2D eigenvalue weighted by atomic mass is 35.5. The number of methoxy groups -OCH3 is 1. The highest BCUT2D eigenvalue weighted by Crippen LogP contribution is 2.18. The number of pyridine rings is 1. The lowest BCUT2D eigenvalue weighted by Gasteiger charge is -2.04. The SMILES string of the molecule is COC(=O)Cn1c(CCl)nc2c(C)ccnc21. The molecule has 0 saturated carbocycles. The molecule has 0 amide bonds. The Kier molecular flexibility index (Phi) is 3.28. The van der Waals surface area contributed by atoms with Crippen molar-refractivity contribution in [3.63, 3.8) is 0 Å². The number of aromatic nitrogens is 3. The second-order valence-corrected chi connectivity index (χ2v) is 3.89. The molecule has 6 heteroatoms. The van der Waals surface area contributed by atoms with Crippen molar-refractivity contribution in [2.24, 2.45) is 0 Å². The quantitative estimate of drug-likeness (QED) is 0.617. The van der Waals surface area contributed by atoms with Crippen molar-refractivity contribution in [1.29, 1.82) is 0 Å². The van der Waals surface area contributed by atoms with Gasteiger partial charge in [-0.25, -0.2) is 9.97 Å². The summed E-state index contributed by atoms with van der Waals surface area (Å²) >= 11 is 5.82. The summed E-state index contributed by atoms with van der Waals surface area (Å²) in [7, 11) is 1.35. The molecule has 0 fully saturated rings. The molecule has 0 aliphatic rings. The fourth-order valence-corrected chi connectivity index (χ4v) is 1.85. The number of aryl methyl sites for hydroxylation is 1. The minimum Gasteiger partial charge on any atom is -0.468 e. The minimum atomic E-state index is -0.348. The maximum absolute atomic E-state index is 11.3. The van der Waals surface area contributed by atoms with Crippen LogP contribution in [0.1, 0.15) is 11.4 Å². The molecule has 0 aliphatic carbocycles. The maximum atomic E-state index is 11.3. The van der Waals surface area contributed by atoms with Crippen molar-refractivity contribution in [2.75, 3.05) is 7.11 Å². The largest absolute Gasteiger partial charge is 0.468 e. The van der Waals surface area contributed by atoms with E-state index < -0.39 is 0 Å². The predicted molar refractivity (Wildman–Crippen MR) is 63.8 cm³/mol. The van der Waals surface area contributed by atoms with Crippen LogP contribution >= 0.6 is 11.6 Å². The molecule has 0 atom stereocenters. The van der Waals surface area contributed by atoms with Crippen molar-refractivity contribution in [3.05, 3.63) is 23.7 Å². The van der Waals surface area contributed by atoms with Crippen LogP contribution in [-0.4, -0.2) is 27.6 Å². The Morgan fingerprint density at radius 2 is 2.35 bits per heavy atom. The first kappa shape index (κ1) is 11.9. The van der Waals surface area contributed by atoms with E-state index in [1.807, 2.05) is 13.0 Å². The van der Waals surface area contributed by atoms with Crippen LogP contribution in [0.15, 0.2) is 12.3 Å². The fourth-order valence-electron chi connectivity index (χ4n) is 1.65. The van der Waals surface area contributed by atoms with Gasteiger partial charge in [-0.3, -0.25) is 4.79 Å². The maximum Gasteiger partial charge on any atom is 0.325 e. The van der Waals surface area contributed by atoms with E-state index in [9.17, 15) is 4.79 Å². The summed E-state index contributed by atoms with van der Waals surface area (Å²) in [4.78, 5) is 19.9. The van der Waals surface area contributed by atoms with E-state index in [0.29, 0.717) is 11.5 Å². The van der Waals surface area contributed by atoms with Crippen LogP contribution in [0, 0.1) is 6.92 Å². The van der Waals surface area contributed by atoms with Crippen molar-refractivity contribution >= 4 is 28.7 Å². The summed E-state index contributed by atoms with van der Waals surface area (Å²) in [6.07, 6.45) is 1.69. The highest BCUT2D eigenvalue weighted by Gasteiger charge is 2.15. The van der Waals surface area contributed by atoms with E-state index in [2.05, 4.69) is 14.7 Å². The van der Waals surface area contributed by atoms with Gasteiger partial charge in [-0.15, -0.1) is 11.6 Å². The van der Waals surface area contributed by atoms with Gasteiger partial charge in [0.1, 0.15) is 17.9 Å². The number of alkyl halides is 1. The van der Waals surface area contributed by atoms with Crippen molar-refractivity contribution in [1.82, 2.24) is 14.5 Å². The molecular formula is C11H12ClN3O2. The van der Waals surface area contributed by atoms with Gasteiger partial charge in [-0.2, -0.15) is 0 Å². The van der Waals surface area contributed by atoms with Crippen LogP contribution in [0.4, 0.5) is 0 Å². The number of fused-ring (bicyclic) bond motifs is 1. The summed E-state index contributed by atoms with van der Waals surface area (Å²) in [5, 5.41) is 0. The zero-order valence-electron chi connectivity index (χ0n) is 9.61. The topological polar surface area (TPSA) is 57.0 Å². The van der Waals surface area contributed by atoms with E-state index >= 15 is 0 Å². The lowest BCUT2D eigenvalue weighted by atomic mass is 10.3. The van der Waals surface area contributed by atoms with Crippen LogP contribution in [0.25, 0.3) is 11.2 Å². The van der Waals surface area contributed by atoms with Gasteiger partial charge in [0.15, 0.2) is 5.65 Å². The normalized spacial score (nSPS) is 10.8. The summed E-state index contributed by atoms with van der Waals surface area (Å²) in [6, 6.07) is 1.87. The predicted octanol–water partition coefficient (Wildman–Crippen LogP) is 1.65. The van der Waals surface area contributed by atoms with Crippen LogP contribution in [-0.2, 0) is 22.0 Å². The molecule has 0 unspecified atom stereocenters. The van der Waals surface area contributed by atoms with E-state index in [-0.39, 0.29) is 18.4 Å². The standard InChI is InChI=1S/C11H12ClN3O2/c1-7-3-4-13-11-10(7)14-8(5-12)15(11)6-9(16)17-2/h3-4H,5-6H2,1-2H3. The Bertz CT molecular complexity index is 565. The van der Waals surface area contributed by atoms with Crippen molar-refractivity contribution in [3.8, 4) is 0 Å². The minimum absolute atomic E-state index is 0.0749. The van der Waals surface area contributed by atoms with Gasteiger partial charge in [0.2, 0.25) is 0 Å². The zero-order chi connectivity index (χ0) is 12.4. The van der Waals surface area contributed by atoms with Crippen LogP contribution in [0.3, 0.4) is 0 Å². The Balaban J connectivity index is 2.58. The second-order valence-electron chi connectivity index (χ2n) is 3.62. The van der Waals surface area contributed by atoms with Crippen molar-refractivity contribution < 1.29 is 9.53 Å². The lowest BCUT2D eigenvalue weighted by Crippen LogP contribution is -2.13. The monoisotopic (exact) mass is 253 g/mol. The molecule has 90 valence electrons. The van der Waals surface area contributed by atoms with Gasteiger partial charge < -0.3 is 9.30 Å². The molecule has 17 heavy (non-hydrogen) atoms. The summed E-state index contributed by atoms with van der Waals surface area (Å²) in [5.41, 5.74) is 2.43. The van der Waals surface area contributed by atoms with Crippen LogP contribution < -0.4 is 0 Å². The molecule has 2 heterocycles. The third kappa shape index (κ3) is 2.10. The average Bonchev–Trinajstić information content (AvgIpc) is 2.69. The number of halogens is 1. The number of hydrogen-bond donors (Lipinski definition) is 0. The summed E-state index contributed by atoms with van der Waals surface area (Å²) < 4.78 is 6.33. The Labute approximate surface area is 103 Å². The molecule has 2 aromatic heterocycles. The Morgan fingerprint density at radius 1 is 1.59 bits per heavy atom. The number of ether oxygens (including phenoxy) is 1. The summed E-state index contributed by atoms with van der Waals surface area (Å²) in [6.45, 7) is 2.02. The van der Waals surface area contributed by atoms with E-state index in [0.717, 1.165) is 11.1 Å². The number of imidazole rings is 1. The van der Waals surface area contributed by atoms with E-state index in [1.54, 1.807) is 10.8 Å². The van der Waals surface area contributed by atoms with E-state index in [1.165, 1.54) is 7.11 Å². The van der Waals surface area contributed by atoms with Gasteiger partial charge in [0.25, 0.3) is 0 Å². The molecule has 0 spiro atoms. The molecule has 2 rings (SSSR count). The second kappa shape index (κ2) is 4.71. The van der Waals surface area contributed by atoms with Gasteiger partial charge >= 0.3 is 5.97 Å². The molecule has 0 aliphatic heterocycles. The van der Waals surface area contributed by atoms with Crippen molar-refractivity contribution in [2.45, 2.75) is 19.3 Å². The number of carbonyl (C=O) groups is 1. The Hall–Kier alpha value is -1.62. The van der Waals surface area contributed by atoms with Gasteiger partial charge in [0, 0.05) is 6.20 Å². The lowest BCUT2D eigenvalue weighted by molar-refractivity contribution is -0.141. The first-order chi connectivity index (χ1) is 8.17. The van der Waals surface area contributed by atoms with Gasteiger partial charge in [-0.1, -0.05) is 0 Å². The first-order valence-electron chi connectivity index (χ1n) is 5.11. The van der Waals surface area contributed by atoms with Crippen LogP contribution in [0.2, 0.25) is 0 Å². The number of carbonyl (C=O) groups excluding carboxylic acids is 1. The molecule has 5 nitrogen and oxygen atoms in total. The molecular weight excluding hydrogens is 242 g/mol. The molecule has 0 aromatic carbocycles. The first-order valence-corrected chi connectivity index (χ1v) is 5.64. The average molecular weight is 254 g/mol. The number of esters is 1. The fraction of sp³-hybridized carbons (Fsp3) is 0.364. The number of rotatable bonds is 3. The van der Waals surface area contributed by atoms with Gasteiger partial charge in [-0.05, 0) is 18.6 Å². The third-order valence-corrected chi connectivity index (χ3v) is 2.79. The molecule has 0 N–H and O–H groups in total. The third-order valence-electron chi connectivity index (χ3n) is 2.55. The molecule has 0 bridgehead atoms. The highest BCUT2D eigenvalue weighted by molar-refractivity contribution is 6.16. The number of nitrogens with zero attached hydrogens (tertiary/aromatic N) is 3. The Morgan fingerprint density at radius 3 is 3.00 bits per heavy atom. The van der Waals surface area contributed by atoms with Gasteiger partial charge in [0.05, 0.1) is 13.0 Å². The van der Waals surface area contributed by atoms with E-state index in [4.69, 9.17) is 11.6 Å². The smallest absolute Gasteiger partial charge is 0.325 e.